The van der Waals surface area contributed by atoms with Crippen LogP contribution < -0.4 is 5.32 Å². The van der Waals surface area contributed by atoms with Gasteiger partial charge < -0.3 is 10.4 Å². The number of nitrogens with one attached hydrogen (secondary N) is 1. The van der Waals surface area contributed by atoms with Crippen LogP contribution in [0.5, 0.6) is 0 Å². The summed E-state index contributed by atoms with van der Waals surface area (Å²) in [5.41, 5.74) is 0.931. The highest BCUT2D eigenvalue weighted by molar-refractivity contribution is 5.15. The van der Waals surface area contributed by atoms with Gasteiger partial charge in [0.15, 0.2) is 0 Å². The summed E-state index contributed by atoms with van der Waals surface area (Å²) in [6.45, 7) is 5.76. The van der Waals surface area contributed by atoms with Crippen molar-refractivity contribution in [3.05, 3.63) is 35.6 Å². The molecule has 1 atom stereocenters. The molecule has 1 aromatic carbocycles. The molecule has 1 aromatic rings. The van der Waals surface area contributed by atoms with Crippen molar-refractivity contribution in [1.29, 1.82) is 0 Å². The van der Waals surface area contributed by atoms with Gasteiger partial charge in [0.05, 0.1) is 0 Å². The summed E-state index contributed by atoms with van der Waals surface area (Å²) in [5.74, 6) is 0.500. The van der Waals surface area contributed by atoms with E-state index in [1.165, 1.54) is 12.1 Å². The van der Waals surface area contributed by atoms with Crippen molar-refractivity contribution in [2.75, 3.05) is 13.2 Å². The first-order valence-corrected chi connectivity index (χ1v) is 5.69. The maximum absolute atomic E-state index is 12.9. The molecule has 0 fully saturated rings. The second-order valence-electron chi connectivity index (χ2n) is 4.45. The van der Waals surface area contributed by atoms with E-state index in [1.54, 1.807) is 6.07 Å². The van der Waals surface area contributed by atoms with Gasteiger partial charge in [-0.3, -0.25) is 0 Å². The molecule has 0 spiro atoms. The SMILES string of the molecule is CC(C)C(CO)CNCc1cccc(F)c1. The van der Waals surface area contributed by atoms with E-state index in [9.17, 15) is 4.39 Å². The summed E-state index contributed by atoms with van der Waals surface area (Å²) in [4.78, 5) is 0. The molecule has 0 saturated carbocycles. The summed E-state index contributed by atoms with van der Waals surface area (Å²) in [5, 5.41) is 12.4. The molecule has 16 heavy (non-hydrogen) atoms. The Hall–Kier alpha value is -0.930. The van der Waals surface area contributed by atoms with Crippen LogP contribution in [0, 0.1) is 17.7 Å². The first-order valence-electron chi connectivity index (χ1n) is 5.69. The summed E-state index contributed by atoms with van der Waals surface area (Å²) in [6.07, 6.45) is 0. The van der Waals surface area contributed by atoms with Gasteiger partial charge in [0, 0.05) is 19.7 Å². The first kappa shape index (κ1) is 13.1. The average molecular weight is 225 g/mol. The molecular weight excluding hydrogens is 205 g/mol. The monoisotopic (exact) mass is 225 g/mol. The van der Waals surface area contributed by atoms with Gasteiger partial charge in [-0.05, 0) is 29.5 Å². The Kier molecular flexibility index (Phi) is 5.43. The number of benzene rings is 1. The molecule has 0 saturated heterocycles. The lowest BCUT2D eigenvalue weighted by Crippen LogP contribution is -2.28. The van der Waals surface area contributed by atoms with E-state index in [2.05, 4.69) is 19.2 Å². The van der Waals surface area contributed by atoms with Crippen molar-refractivity contribution >= 4 is 0 Å². The number of aliphatic hydroxyl groups is 1. The van der Waals surface area contributed by atoms with Gasteiger partial charge in [0.1, 0.15) is 5.82 Å². The standard InChI is InChI=1S/C13H20FNO/c1-10(2)12(9-16)8-15-7-11-4-3-5-13(14)6-11/h3-6,10,12,15-16H,7-9H2,1-2H3. The van der Waals surface area contributed by atoms with Gasteiger partial charge in [0.2, 0.25) is 0 Å². The third-order valence-corrected chi connectivity index (χ3v) is 2.80. The Bertz CT molecular complexity index is 315. The quantitative estimate of drug-likeness (QED) is 0.777. The molecule has 3 heteroatoms. The van der Waals surface area contributed by atoms with Crippen molar-refractivity contribution in [3.8, 4) is 0 Å². The molecule has 0 amide bonds. The molecule has 2 nitrogen and oxygen atoms in total. The number of halogens is 1. The van der Waals surface area contributed by atoms with Crippen molar-refractivity contribution < 1.29 is 9.50 Å². The summed E-state index contributed by atoms with van der Waals surface area (Å²) in [6, 6.07) is 6.56. The van der Waals surface area contributed by atoms with E-state index in [0.29, 0.717) is 12.5 Å². The fraction of sp³-hybridized carbons (Fsp3) is 0.538. The smallest absolute Gasteiger partial charge is 0.123 e. The van der Waals surface area contributed by atoms with Gasteiger partial charge in [-0.2, -0.15) is 0 Å². The minimum Gasteiger partial charge on any atom is -0.396 e. The van der Waals surface area contributed by atoms with Crippen LogP contribution >= 0.6 is 0 Å². The maximum atomic E-state index is 12.9. The molecule has 90 valence electrons. The predicted molar refractivity (Wildman–Crippen MR) is 63.5 cm³/mol. The molecule has 0 aromatic heterocycles. The summed E-state index contributed by atoms with van der Waals surface area (Å²) in [7, 11) is 0. The first-order chi connectivity index (χ1) is 7.63. The highest BCUT2D eigenvalue weighted by Crippen LogP contribution is 2.09. The fourth-order valence-electron chi connectivity index (χ4n) is 1.56. The van der Waals surface area contributed by atoms with Gasteiger partial charge in [-0.1, -0.05) is 26.0 Å². The van der Waals surface area contributed by atoms with Crippen LogP contribution in [0.25, 0.3) is 0 Å². The number of hydrogen-bond acceptors (Lipinski definition) is 2. The minimum atomic E-state index is -0.207. The van der Waals surface area contributed by atoms with Crippen molar-refractivity contribution in [2.24, 2.45) is 11.8 Å². The molecule has 0 aliphatic rings. The van der Waals surface area contributed by atoms with Crippen LogP contribution in [0.2, 0.25) is 0 Å². The third kappa shape index (κ3) is 4.29. The Morgan fingerprint density at radius 1 is 1.38 bits per heavy atom. The van der Waals surface area contributed by atoms with E-state index in [-0.39, 0.29) is 18.3 Å². The molecule has 0 radical (unpaired) electrons. The zero-order valence-corrected chi connectivity index (χ0v) is 9.91. The second kappa shape index (κ2) is 6.61. The predicted octanol–water partition coefficient (Wildman–Crippen LogP) is 2.18. The molecule has 0 aliphatic heterocycles. The topological polar surface area (TPSA) is 32.3 Å². The van der Waals surface area contributed by atoms with Crippen LogP contribution in [0.4, 0.5) is 4.39 Å². The lowest BCUT2D eigenvalue weighted by molar-refractivity contribution is 0.186. The number of rotatable bonds is 6. The summed E-state index contributed by atoms with van der Waals surface area (Å²) >= 11 is 0. The lowest BCUT2D eigenvalue weighted by Gasteiger charge is -2.18. The Morgan fingerprint density at radius 3 is 2.69 bits per heavy atom. The van der Waals surface area contributed by atoms with Crippen LogP contribution in [-0.2, 0) is 6.54 Å². The van der Waals surface area contributed by atoms with Crippen LogP contribution in [0.3, 0.4) is 0 Å². The number of hydrogen-bond donors (Lipinski definition) is 2. The lowest BCUT2D eigenvalue weighted by atomic mass is 9.97. The van der Waals surface area contributed by atoms with E-state index in [4.69, 9.17) is 5.11 Å². The summed E-state index contributed by atoms with van der Waals surface area (Å²) < 4.78 is 12.9. The highest BCUT2D eigenvalue weighted by Gasteiger charge is 2.11. The van der Waals surface area contributed by atoms with E-state index < -0.39 is 0 Å². The molecule has 0 aliphatic carbocycles. The zero-order valence-electron chi connectivity index (χ0n) is 9.91. The van der Waals surface area contributed by atoms with Crippen molar-refractivity contribution in [1.82, 2.24) is 5.32 Å². The Balaban J connectivity index is 2.35. The average Bonchev–Trinajstić information content (AvgIpc) is 2.24. The normalized spacial score (nSPS) is 13.1. The molecular formula is C13H20FNO. The number of aliphatic hydroxyl groups excluding tert-OH is 1. The Morgan fingerprint density at radius 2 is 2.12 bits per heavy atom. The largest absolute Gasteiger partial charge is 0.396 e. The molecule has 2 N–H and O–H groups in total. The maximum Gasteiger partial charge on any atom is 0.123 e. The van der Waals surface area contributed by atoms with Gasteiger partial charge >= 0.3 is 0 Å². The van der Waals surface area contributed by atoms with Crippen molar-refractivity contribution in [3.63, 3.8) is 0 Å². The van der Waals surface area contributed by atoms with Gasteiger partial charge in [0.25, 0.3) is 0 Å². The van der Waals surface area contributed by atoms with E-state index in [1.807, 2.05) is 6.07 Å². The third-order valence-electron chi connectivity index (χ3n) is 2.80. The molecule has 0 bridgehead atoms. The molecule has 1 rings (SSSR count). The van der Waals surface area contributed by atoms with Gasteiger partial charge in [-0.15, -0.1) is 0 Å². The second-order valence-corrected chi connectivity index (χ2v) is 4.45. The van der Waals surface area contributed by atoms with Crippen LogP contribution in [0.1, 0.15) is 19.4 Å². The minimum absolute atomic E-state index is 0.188. The van der Waals surface area contributed by atoms with Crippen LogP contribution in [-0.4, -0.2) is 18.3 Å². The Labute approximate surface area is 96.5 Å². The van der Waals surface area contributed by atoms with E-state index in [0.717, 1.165) is 12.1 Å². The molecule has 0 heterocycles. The highest BCUT2D eigenvalue weighted by atomic mass is 19.1. The zero-order chi connectivity index (χ0) is 12.0. The molecule has 1 unspecified atom stereocenters. The fourth-order valence-corrected chi connectivity index (χ4v) is 1.56. The van der Waals surface area contributed by atoms with Gasteiger partial charge in [-0.25, -0.2) is 4.39 Å². The van der Waals surface area contributed by atoms with E-state index >= 15 is 0 Å². The van der Waals surface area contributed by atoms with Crippen molar-refractivity contribution in [2.45, 2.75) is 20.4 Å². The van der Waals surface area contributed by atoms with Crippen LogP contribution in [0.15, 0.2) is 24.3 Å².